The van der Waals surface area contributed by atoms with Gasteiger partial charge in [-0.2, -0.15) is 0 Å². The number of amides is 1. The number of aromatic amines is 1. The zero-order valence-electron chi connectivity index (χ0n) is 22.1. The van der Waals surface area contributed by atoms with Gasteiger partial charge in [0.2, 0.25) is 0 Å². The molecular formula is C34H30N4O2. The van der Waals surface area contributed by atoms with Gasteiger partial charge in [0.05, 0.1) is 16.6 Å². The van der Waals surface area contributed by atoms with Crippen LogP contribution in [-0.2, 0) is 11.3 Å². The summed E-state index contributed by atoms with van der Waals surface area (Å²) in [7, 11) is 0. The Hall–Kier alpha value is -4.68. The Morgan fingerprint density at radius 1 is 0.875 bits per heavy atom. The first-order valence-electron chi connectivity index (χ1n) is 13.8. The summed E-state index contributed by atoms with van der Waals surface area (Å²) in [6.07, 6.45) is 2.09. The van der Waals surface area contributed by atoms with Crippen LogP contribution >= 0.6 is 0 Å². The molecule has 1 saturated heterocycles. The molecule has 5 aromatic rings. The van der Waals surface area contributed by atoms with Gasteiger partial charge in [-0.3, -0.25) is 9.69 Å². The maximum atomic E-state index is 13.5. The highest BCUT2D eigenvalue weighted by atomic mass is 16.5. The molecule has 2 aliphatic rings. The highest BCUT2D eigenvalue weighted by Crippen LogP contribution is 2.41. The molecule has 0 atom stereocenters. The fraction of sp³-hybridized carbons (Fsp3) is 0.176. The van der Waals surface area contributed by atoms with Gasteiger partial charge in [0.15, 0.2) is 0 Å². The molecule has 1 fully saturated rings. The summed E-state index contributed by atoms with van der Waals surface area (Å²) in [4.78, 5) is 24.3. The first kappa shape index (κ1) is 24.4. The van der Waals surface area contributed by atoms with E-state index in [0.29, 0.717) is 11.4 Å². The maximum absolute atomic E-state index is 13.5. The zero-order chi connectivity index (χ0) is 26.9. The van der Waals surface area contributed by atoms with Gasteiger partial charge in [0.25, 0.3) is 5.91 Å². The molecule has 2 N–H and O–H groups in total. The number of likely N-dealkylation sites (tertiary alicyclic amines) is 1. The molecule has 4 aromatic carbocycles. The highest BCUT2D eigenvalue weighted by molar-refractivity contribution is 6.38. The van der Waals surface area contributed by atoms with E-state index in [4.69, 9.17) is 9.72 Å². The third-order valence-electron chi connectivity index (χ3n) is 7.76. The number of piperidine rings is 1. The van der Waals surface area contributed by atoms with E-state index >= 15 is 0 Å². The van der Waals surface area contributed by atoms with Crippen molar-refractivity contribution >= 4 is 33.8 Å². The van der Waals surface area contributed by atoms with Gasteiger partial charge < -0.3 is 15.0 Å². The van der Waals surface area contributed by atoms with Gasteiger partial charge in [-0.15, -0.1) is 0 Å². The second-order valence-corrected chi connectivity index (χ2v) is 10.5. The molecule has 0 spiro atoms. The van der Waals surface area contributed by atoms with E-state index in [9.17, 15) is 4.79 Å². The van der Waals surface area contributed by atoms with Gasteiger partial charge >= 0.3 is 0 Å². The minimum Gasteiger partial charge on any atom is -0.490 e. The largest absolute Gasteiger partial charge is 0.490 e. The summed E-state index contributed by atoms with van der Waals surface area (Å²) in [5, 5.41) is 3.06. The number of ether oxygens (including phenoxy) is 1. The zero-order valence-corrected chi connectivity index (χ0v) is 22.1. The van der Waals surface area contributed by atoms with Crippen molar-refractivity contribution < 1.29 is 9.53 Å². The smallest absolute Gasteiger partial charge is 0.257 e. The molecule has 0 aliphatic carbocycles. The van der Waals surface area contributed by atoms with Crippen LogP contribution in [-0.4, -0.2) is 40.0 Å². The second-order valence-electron chi connectivity index (χ2n) is 10.5. The molecule has 1 amide bonds. The molecule has 6 heteroatoms. The number of carbonyl (C=O) groups is 1. The number of para-hydroxylation sites is 2. The average molecular weight is 527 g/mol. The van der Waals surface area contributed by atoms with E-state index < -0.39 is 0 Å². The Balaban J connectivity index is 1.19. The number of aromatic nitrogens is 2. The Morgan fingerprint density at radius 2 is 1.60 bits per heavy atom. The van der Waals surface area contributed by atoms with E-state index in [1.54, 1.807) is 0 Å². The van der Waals surface area contributed by atoms with E-state index in [0.717, 1.165) is 71.6 Å². The number of rotatable bonds is 6. The number of H-pyrrole nitrogens is 1. The minimum absolute atomic E-state index is 0.138. The lowest BCUT2D eigenvalue weighted by Crippen LogP contribution is -2.37. The fourth-order valence-corrected chi connectivity index (χ4v) is 5.76. The molecule has 0 unspecified atom stereocenters. The van der Waals surface area contributed by atoms with Crippen LogP contribution in [0.15, 0.2) is 103 Å². The predicted octanol–water partition coefficient (Wildman–Crippen LogP) is 6.52. The summed E-state index contributed by atoms with van der Waals surface area (Å²) < 4.78 is 6.49. The number of nitrogens with one attached hydrogen (secondary N) is 2. The van der Waals surface area contributed by atoms with Crippen molar-refractivity contribution in [1.29, 1.82) is 0 Å². The maximum Gasteiger partial charge on any atom is 0.257 e. The van der Waals surface area contributed by atoms with Crippen molar-refractivity contribution in [3.8, 4) is 5.75 Å². The third-order valence-corrected chi connectivity index (χ3v) is 7.76. The number of anilines is 1. The first-order chi connectivity index (χ1) is 19.7. The summed E-state index contributed by atoms with van der Waals surface area (Å²) in [5.74, 6) is 1.31. The lowest BCUT2D eigenvalue weighted by Gasteiger charge is -2.32. The van der Waals surface area contributed by atoms with Gasteiger partial charge in [0.1, 0.15) is 17.7 Å². The Bertz CT molecular complexity index is 1670. The Morgan fingerprint density at radius 3 is 2.38 bits per heavy atom. The van der Waals surface area contributed by atoms with Crippen LogP contribution in [0, 0.1) is 0 Å². The van der Waals surface area contributed by atoms with Crippen molar-refractivity contribution in [2.75, 3.05) is 18.4 Å². The number of fused-ring (bicyclic) bond motifs is 2. The van der Waals surface area contributed by atoms with E-state index in [-0.39, 0.29) is 12.0 Å². The third kappa shape index (κ3) is 4.78. The monoisotopic (exact) mass is 526 g/mol. The van der Waals surface area contributed by atoms with Crippen LogP contribution in [0.25, 0.3) is 22.2 Å². The molecule has 7 rings (SSSR count). The topological polar surface area (TPSA) is 70.2 Å². The molecule has 6 nitrogen and oxygen atoms in total. The lowest BCUT2D eigenvalue weighted by molar-refractivity contribution is -0.110. The Labute approximate surface area is 233 Å². The molecular weight excluding hydrogens is 496 g/mol. The van der Waals surface area contributed by atoms with Crippen LogP contribution in [0.3, 0.4) is 0 Å². The van der Waals surface area contributed by atoms with Crippen molar-refractivity contribution in [1.82, 2.24) is 14.9 Å². The van der Waals surface area contributed by atoms with Crippen molar-refractivity contribution in [2.45, 2.75) is 25.5 Å². The van der Waals surface area contributed by atoms with Gasteiger partial charge in [-0.1, -0.05) is 72.8 Å². The average Bonchev–Trinajstić information content (AvgIpc) is 3.56. The van der Waals surface area contributed by atoms with Crippen LogP contribution in [0.1, 0.15) is 35.4 Å². The number of imidazole rings is 1. The summed E-state index contributed by atoms with van der Waals surface area (Å²) in [5.41, 5.74) is 7.06. The van der Waals surface area contributed by atoms with Crippen LogP contribution in [0.4, 0.5) is 5.69 Å². The normalized spacial score (nSPS) is 17.1. The van der Waals surface area contributed by atoms with Crippen LogP contribution in [0.5, 0.6) is 5.75 Å². The quantitative estimate of drug-likeness (QED) is 0.247. The minimum atomic E-state index is -0.138. The number of carbonyl (C=O) groups excluding carboxylic acids is 1. The van der Waals surface area contributed by atoms with Crippen molar-refractivity contribution in [3.63, 3.8) is 0 Å². The molecule has 3 heterocycles. The second kappa shape index (κ2) is 10.5. The van der Waals surface area contributed by atoms with E-state index in [2.05, 4.69) is 45.5 Å². The molecule has 0 saturated carbocycles. The highest BCUT2D eigenvalue weighted by Gasteiger charge is 2.31. The SMILES string of the molecule is O=C1Nc2ccc(OC3CCN(Cc4ccccc4)CC3)cc2/C1=C(\c1ccccc1)c1nc2ccccc2[nH]1. The fourth-order valence-electron chi connectivity index (χ4n) is 5.76. The molecule has 2 aliphatic heterocycles. The van der Waals surface area contributed by atoms with Gasteiger partial charge in [0, 0.05) is 36.5 Å². The number of benzene rings is 4. The molecule has 40 heavy (non-hydrogen) atoms. The van der Waals surface area contributed by atoms with Gasteiger partial charge in [-0.05, 0) is 54.3 Å². The van der Waals surface area contributed by atoms with Crippen LogP contribution < -0.4 is 10.1 Å². The molecule has 0 radical (unpaired) electrons. The molecule has 0 bridgehead atoms. The first-order valence-corrected chi connectivity index (χ1v) is 13.8. The number of nitrogens with zero attached hydrogens (tertiary/aromatic N) is 2. The standard InChI is InChI=1S/C34H30N4O2/c39-34-32(31(24-11-5-2-6-12-24)33-35-29-13-7-8-14-30(29)36-33)27-21-26(15-16-28(27)37-34)40-25-17-19-38(20-18-25)22-23-9-3-1-4-10-23/h1-16,21,25H,17-20,22H2,(H,35,36)(H,37,39)/b32-31-. The van der Waals surface area contributed by atoms with Gasteiger partial charge in [-0.25, -0.2) is 4.98 Å². The summed E-state index contributed by atoms with van der Waals surface area (Å²) in [6, 6.07) is 34.4. The number of hydrogen-bond acceptors (Lipinski definition) is 4. The lowest BCUT2D eigenvalue weighted by atomic mass is 9.94. The van der Waals surface area contributed by atoms with Crippen molar-refractivity contribution in [2.24, 2.45) is 0 Å². The molecule has 198 valence electrons. The van der Waals surface area contributed by atoms with Crippen molar-refractivity contribution in [3.05, 3.63) is 126 Å². The van der Waals surface area contributed by atoms with Crippen LogP contribution in [0.2, 0.25) is 0 Å². The number of hydrogen-bond donors (Lipinski definition) is 2. The van der Waals surface area contributed by atoms with E-state index in [1.807, 2.05) is 72.8 Å². The summed E-state index contributed by atoms with van der Waals surface area (Å²) in [6.45, 7) is 2.97. The van der Waals surface area contributed by atoms with E-state index in [1.165, 1.54) is 5.56 Å². The Kier molecular flexibility index (Phi) is 6.38. The predicted molar refractivity (Wildman–Crippen MR) is 159 cm³/mol. The molecule has 1 aromatic heterocycles. The summed E-state index contributed by atoms with van der Waals surface area (Å²) >= 11 is 0.